The van der Waals surface area contributed by atoms with E-state index in [0.717, 1.165) is 6.42 Å². The second-order valence-corrected chi connectivity index (χ2v) is 2.12. The van der Waals surface area contributed by atoms with Crippen molar-refractivity contribution in [2.45, 2.75) is 13.3 Å². The zero-order valence-electron chi connectivity index (χ0n) is 6.17. The summed E-state index contributed by atoms with van der Waals surface area (Å²) in [6.45, 7) is 2.01. The molecule has 0 saturated carbocycles. The monoisotopic (exact) mass is 131 g/mol. The lowest BCUT2D eigenvalue weighted by Crippen LogP contribution is -1.62. The van der Waals surface area contributed by atoms with E-state index in [1.165, 1.54) is 5.57 Å². The molecule has 0 aromatic carbocycles. The maximum Gasteiger partial charge on any atom is -0.00851 e. The summed E-state index contributed by atoms with van der Waals surface area (Å²) < 4.78 is 0. The molecule has 1 aliphatic carbocycles. The summed E-state index contributed by atoms with van der Waals surface area (Å²) >= 11 is 0. The summed E-state index contributed by atoms with van der Waals surface area (Å²) in [5.74, 6) is 0. The van der Waals surface area contributed by atoms with Gasteiger partial charge in [-0.3, -0.25) is 0 Å². The van der Waals surface area contributed by atoms with Gasteiger partial charge in [0, 0.05) is 0 Å². The summed E-state index contributed by atoms with van der Waals surface area (Å²) in [6, 6.07) is 0. The van der Waals surface area contributed by atoms with E-state index >= 15 is 0 Å². The molecule has 1 radical (unpaired) electrons. The lowest BCUT2D eigenvalue weighted by Gasteiger charge is -1.81. The molecule has 0 heteroatoms. The van der Waals surface area contributed by atoms with Gasteiger partial charge in [-0.2, -0.15) is 0 Å². The van der Waals surface area contributed by atoms with Crippen molar-refractivity contribution in [1.82, 2.24) is 0 Å². The highest BCUT2D eigenvalue weighted by Gasteiger charge is 1.89. The van der Waals surface area contributed by atoms with Gasteiger partial charge in [-0.05, 0) is 25.0 Å². The highest BCUT2D eigenvalue weighted by molar-refractivity contribution is 5.34. The van der Waals surface area contributed by atoms with Crippen LogP contribution in [0.1, 0.15) is 13.3 Å². The summed E-state index contributed by atoms with van der Waals surface area (Å²) in [7, 11) is 0. The number of allylic oxidation sites excluding steroid dienone is 8. The van der Waals surface area contributed by atoms with E-state index in [1.54, 1.807) is 0 Å². The zero-order valence-corrected chi connectivity index (χ0v) is 6.17. The van der Waals surface area contributed by atoms with Crippen molar-refractivity contribution < 1.29 is 0 Å². The van der Waals surface area contributed by atoms with Crippen LogP contribution in [0.15, 0.2) is 42.0 Å². The van der Waals surface area contributed by atoms with Crippen LogP contribution in [0.2, 0.25) is 0 Å². The summed E-state index contributed by atoms with van der Waals surface area (Å²) in [4.78, 5) is 0. The van der Waals surface area contributed by atoms with E-state index in [-0.39, 0.29) is 0 Å². The van der Waals surface area contributed by atoms with Crippen LogP contribution in [0, 0.1) is 6.08 Å². The number of rotatable bonds is 2. The Balaban J connectivity index is 2.44. The van der Waals surface area contributed by atoms with E-state index in [0.29, 0.717) is 0 Å². The SMILES string of the molecule is CC=CC=CC1=[C]CC=C1. The Bertz CT molecular complexity index is 202. The molecule has 0 amide bonds. The largest absolute Gasteiger partial charge is 0.0877 e. The van der Waals surface area contributed by atoms with Crippen LogP contribution in [-0.4, -0.2) is 0 Å². The molecule has 1 rings (SSSR count). The van der Waals surface area contributed by atoms with Gasteiger partial charge in [0.05, 0.1) is 0 Å². The highest BCUT2D eigenvalue weighted by Crippen LogP contribution is 2.08. The molecule has 0 spiro atoms. The van der Waals surface area contributed by atoms with Gasteiger partial charge in [0.1, 0.15) is 0 Å². The van der Waals surface area contributed by atoms with E-state index in [9.17, 15) is 0 Å². The molecular formula is C10H11. The summed E-state index contributed by atoms with van der Waals surface area (Å²) in [5.41, 5.74) is 1.19. The first-order valence-corrected chi connectivity index (χ1v) is 3.50. The predicted octanol–water partition coefficient (Wildman–Crippen LogP) is 2.81. The van der Waals surface area contributed by atoms with Crippen LogP contribution in [0.5, 0.6) is 0 Å². The number of hydrogen-bond donors (Lipinski definition) is 0. The Morgan fingerprint density at radius 1 is 1.50 bits per heavy atom. The topological polar surface area (TPSA) is 0 Å². The predicted molar refractivity (Wildman–Crippen MR) is 44.5 cm³/mol. The fraction of sp³-hybridized carbons (Fsp3) is 0.200. The van der Waals surface area contributed by atoms with Gasteiger partial charge in [0.25, 0.3) is 0 Å². The Kier molecular flexibility index (Phi) is 2.75. The molecule has 0 saturated heterocycles. The van der Waals surface area contributed by atoms with Crippen LogP contribution < -0.4 is 0 Å². The first-order chi connectivity index (χ1) is 4.93. The summed E-state index contributed by atoms with van der Waals surface area (Å²) in [5, 5.41) is 0. The van der Waals surface area contributed by atoms with Crippen molar-refractivity contribution in [3.63, 3.8) is 0 Å². The Labute approximate surface area is 62.3 Å². The van der Waals surface area contributed by atoms with E-state index in [2.05, 4.69) is 24.3 Å². The standard InChI is InChI=1S/C10H11/c1-2-3-4-7-10-8-5-6-9-10/h2-5,7-8H,6H2,1H3. The van der Waals surface area contributed by atoms with Crippen LogP contribution in [-0.2, 0) is 0 Å². The fourth-order valence-corrected chi connectivity index (χ4v) is 0.806. The molecule has 51 valence electrons. The first-order valence-electron chi connectivity index (χ1n) is 3.50. The van der Waals surface area contributed by atoms with Gasteiger partial charge in [-0.25, -0.2) is 0 Å². The molecule has 0 nitrogen and oxygen atoms in total. The third kappa shape index (κ3) is 2.06. The molecule has 0 aromatic rings. The molecule has 0 unspecified atom stereocenters. The maximum absolute atomic E-state index is 3.20. The maximum atomic E-state index is 3.20. The molecule has 0 N–H and O–H groups in total. The van der Waals surface area contributed by atoms with Crippen molar-refractivity contribution in [1.29, 1.82) is 0 Å². The third-order valence-corrected chi connectivity index (χ3v) is 1.30. The molecular weight excluding hydrogens is 120 g/mol. The molecule has 10 heavy (non-hydrogen) atoms. The van der Waals surface area contributed by atoms with Gasteiger partial charge in [-0.1, -0.05) is 36.5 Å². The van der Waals surface area contributed by atoms with Gasteiger partial charge in [0.15, 0.2) is 0 Å². The Morgan fingerprint density at radius 3 is 3.00 bits per heavy atom. The van der Waals surface area contributed by atoms with Gasteiger partial charge >= 0.3 is 0 Å². The van der Waals surface area contributed by atoms with E-state index in [1.807, 2.05) is 25.2 Å². The molecule has 0 fully saturated rings. The van der Waals surface area contributed by atoms with Crippen molar-refractivity contribution in [3.8, 4) is 0 Å². The van der Waals surface area contributed by atoms with Gasteiger partial charge in [-0.15, -0.1) is 0 Å². The second kappa shape index (κ2) is 3.89. The Hall–Kier alpha value is -1.04. The van der Waals surface area contributed by atoms with E-state index < -0.39 is 0 Å². The quantitative estimate of drug-likeness (QED) is 0.505. The lowest BCUT2D eigenvalue weighted by molar-refractivity contribution is 1.38. The third-order valence-electron chi connectivity index (χ3n) is 1.30. The molecule has 0 heterocycles. The molecule has 0 bridgehead atoms. The van der Waals surface area contributed by atoms with Crippen molar-refractivity contribution >= 4 is 0 Å². The van der Waals surface area contributed by atoms with Crippen LogP contribution in [0.3, 0.4) is 0 Å². The molecule has 1 aliphatic rings. The van der Waals surface area contributed by atoms with Crippen LogP contribution in [0.4, 0.5) is 0 Å². The molecule has 0 atom stereocenters. The first kappa shape index (κ1) is 7.07. The van der Waals surface area contributed by atoms with E-state index in [4.69, 9.17) is 0 Å². The lowest BCUT2D eigenvalue weighted by atomic mass is 10.2. The van der Waals surface area contributed by atoms with Gasteiger partial charge < -0.3 is 0 Å². The second-order valence-electron chi connectivity index (χ2n) is 2.12. The molecule has 0 aliphatic heterocycles. The normalized spacial score (nSPS) is 17.5. The average Bonchev–Trinajstić information content (AvgIpc) is 2.41. The fourth-order valence-electron chi connectivity index (χ4n) is 0.806. The van der Waals surface area contributed by atoms with Crippen LogP contribution >= 0.6 is 0 Å². The van der Waals surface area contributed by atoms with Crippen molar-refractivity contribution in [2.24, 2.45) is 0 Å². The highest BCUT2D eigenvalue weighted by atomic mass is 13.9. The van der Waals surface area contributed by atoms with Crippen LogP contribution in [0.25, 0.3) is 0 Å². The van der Waals surface area contributed by atoms with Crippen molar-refractivity contribution in [2.75, 3.05) is 0 Å². The van der Waals surface area contributed by atoms with Crippen molar-refractivity contribution in [3.05, 3.63) is 48.1 Å². The summed E-state index contributed by atoms with van der Waals surface area (Å²) in [6.07, 6.45) is 16.5. The average molecular weight is 131 g/mol. The minimum absolute atomic E-state index is 0.968. The number of hydrogen-bond acceptors (Lipinski definition) is 0. The minimum Gasteiger partial charge on any atom is -0.0877 e. The molecule has 0 aromatic heterocycles. The van der Waals surface area contributed by atoms with Gasteiger partial charge in [0.2, 0.25) is 0 Å². The Morgan fingerprint density at radius 2 is 2.40 bits per heavy atom. The smallest absolute Gasteiger partial charge is 0.00851 e. The minimum atomic E-state index is 0.968. The zero-order chi connectivity index (χ0) is 7.23.